The number of nitrogens with zero attached hydrogens (tertiary/aromatic N) is 2. The first-order chi connectivity index (χ1) is 22.7. The number of fused-ring (bicyclic) bond motifs is 2. The summed E-state index contributed by atoms with van der Waals surface area (Å²) in [5.74, 6) is -0.303. The molecule has 1 saturated heterocycles. The highest BCUT2D eigenvalue weighted by atomic mass is 32.2. The maximum Gasteiger partial charge on any atom is 0.293 e. The van der Waals surface area contributed by atoms with Gasteiger partial charge >= 0.3 is 0 Å². The Hall–Kier alpha value is -5.20. The second kappa shape index (κ2) is 12.5. The summed E-state index contributed by atoms with van der Waals surface area (Å²) in [6.07, 6.45) is 5.49. The molecule has 2 aliphatic rings. The minimum atomic E-state index is -4.46. The Balaban J connectivity index is 1.02. The first kappa shape index (κ1) is 30.5. The molecule has 47 heavy (non-hydrogen) atoms. The highest BCUT2D eigenvalue weighted by Crippen LogP contribution is 2.32. The Morgan fingerprint density at radius 1 is 0.915 bits per heavy atom. The number of aromatic amines is 1. The molecular weight excluding hydrogens is 618 g/mol. The third-order valence-electron chi connectivity index (χ3n) is 9.02. The summed E-state index contributed by atoms with van der Waals surface area (Å²) in [7, 11) is -4.46. The molecule has 7 rings (SSSR count). The number of ether oxygens (including phenoxy) is 1. The lowest BCUT2D eigenvalue weighted by molar-refractivity contribution is -0.384. The number of nitrogens with one attached hydrogen (secondary N) is 3. The van der Waals surface area contributed by atoms with E-state index in [4.69, 9.17) is 4.74 Å². The first-order valence-corrected chi connectivity index (χ1v) is 17.0. The zero-order valence-corrected chi connectivity index (χ0v) is 26.2. The number of hydrogen-bond donors (Lipinski definition) is 3. The first-order valence-electron chi connectivity index (χ1n) is 15.5. The van der Waals surface area contributed by atoms with Crippen molar-refractivity contribution < 1.29 is 22.9 Å². The van der Waals surface area contributed by atoms with Crippen molar-refractivity contribution >= 4 is 38.2 Å². The molecule has 1 aromatic heterocycles. The summed E-state index contributed by atoms with van der Waals surface area (Å²) in [5, 5.41) is 16.2. The van der Waals surface area contributed by atoms with Crippen LogP contribution in [-0.4, -0.2) is 54.3 Å². The number of benzene rings is 4. The lowest BCUT2D eigenvalue weighted by Crippen LogP contribution is -2.45. The Labute approximate surface area is 271 Å². The van der Waals surface area contributed by atoms with Crippen molar-refractivity contribution in [3.63, 3.8) is 0 Å². The van der Waals surface area contributed by atoms with Gasteiger partial charge in [-0.1, -0.05) is 36.4 Å². The quantitative estimate of drug-likeness (QED) is 0.129. The molecule has 0 unspecified atom stereocenters. The van der Waals surface area contributed by atoms with Gasteiger partial charge in [-0.3, -0.25) is 19.8 Å². The maximum atomic E-state index is 13.3. The van der Waals surface area contributed by atoms with Crippen LogP contribution in [0.1, 0.15) is 34.3 Å². The average molecular weight is 652 g/mol. The number of carbonyl (C=O) groups excluding carboxylic acids is 1. The van der Waals surface area contributed by atoms with Crippen LogP contribution in [0.2, 0.25) is 0 Å². The molecule has 240 valence electrons. The van der Waals surface area contributed by atoms with Gasteiger partial charge in [0, 0.05) is 48.3 Å². The molecule has 1 amide bonds. The molecule has 2 heterocycles. The van der Waals surface area contributed by atoms with Crippen molar-refractivity contribution in [1.82, 2.24) is 14.6 Å². The number of aromatic nitrogens is 1. The number of amides is 1. The molecule has 1 aliphatic carbocycles. The monoisotopic (exact) mass is 651 g/mol. The fraction of sp³-hybridized carbons (Fsp3) is 0.229. The van der Waals surface area contributed by atoms with E-state index in [1.165, 1.54) is 29.3 Å². The number of para-hydroxylation sites is 1. The third kappa shape index (κ3) is 6.42. The number of sulfonamides is 1. The normalized spacial score (nSPS) is 15.7. The van der Waals surface area contributed by atoms with Gasteiger partial charge in [-0.15, -0.1) is 0 Å². The van der Waals surface area contributed by atoms with E-state index in [0.29, 0.717) is 11.8 Å². The molecule has 5 aromatic rings. The predicted octanol–water partition coefficient (Wildman–Crippen LogP) is 6.03. The number of piperidine rings is 1. The zero-order valence-electron chi connectivity index (χ0n) is 25.4. The van der Waals surface area contributed by atoms with Gasteiger partial charge in [-0.25, -0.2) is 13.1 Å². The van der Waals surface area contributed by atoms with Gasteiger partial charge in [-0.05, 0) is 85.3 Å². The number of anilines is 1. The van der Waals surface area contributed by atoms with E-state index in [2.05, 4.69) is 39.5 Å². The molecule has 0 atom stereocenters. The summed E-state index contributed by atoms with van der Waals surface area (Å²) < 4.78 is 34.6. The predicted molar refractivity (Wildman–Crippen MR) is 178 cm³/mol. The van der Waals surface area contributed by atoms with Crippen LogP contribution >= 0.6 is 0 Å². The zero-order chi connectivity index (χ0) is 32.5. The van der Waals surface area contributed by atoms with Crippen LogP contribution in [0.15, 0.2) is 102 Å². The summed E-state index contributed by atoms with van der Waals surface area (Å²) in [6.45, 7) is 1.74. The molecule has 4 aromatic carbocycles. The molecule has 12 heteroatoms. The number of H-pyrrole nitrogens is 1. The van der Waals surface area contributed by atoms with E-state index in [1.54, 1.807) is 36.5 Å². The van der Waals surface area contributed by atoms with Crippen molar-refractivity contribution in [1.29, 1.82) is 0 Å². The lowest BCUT2D eigenvalue weighted by atomic mass is 10.0. The van der Waals surface area contributed by atoms with E-state index in [-0.39, 0.29) is 28.7 Å². The van der Waals surface area contributed by atoms with Gasteiger partial charge < -0.3 is 15.0 Å². The van der Waals surface area contributed by atoms with Crippen LogP contribution in [0, 0.1) is 10.1 Å². The van der Waals surface area contributed by atoms with Gasteiger partial charge in [0.25, 0.3) is 21.6 Å². The third-order valence-corrected chi connectivity index (χ3v) is 10.4. The highest BCUT2D eigenvalue weighted by Gasteiger charge is 2.31. The van der Waals surface area contributed by atoms with Crippen molar-refractivity contribution in [2.75, 3.05) is 18.4 Å². The molecule has 0 radical (unpaired) electrons. The smallest absolute Gasteiger partial charge is 0.293 e. The summed E-state index contributed by atoms with van der Waals surface area (Å²) in [4.78, 5) is 29.9. The molecule has 1 aliphatic heterocycles. The Bertz CT molecular complexity index is 2060. The number of rotatable bonds is 9. The lowest BCUT2D eigenvalue weighted by Gasteiger charge is -2.36. The molecule has 0 bridgehead atoms. The second-order valence-corrected chi connectivity index (χ2v) is 13.7. The largest absolute Gasteiger partial charge is 0.457 e. The van der Waals surface area contributed by atoms with Crippen LogP contribution < -0.4 is 14.8 Å². The number of likely N-dealkylation sites (tertiary alicyclic amines) is 1. The number of hydrogen-bond acceptors (Lipinski definition) is 8. The molecular formula is C35H33N5O6S. The van der Waals surface area contributed by atoms with Crippen LogP contribution in [0.25, 0.3) is 10.9 Å². The van der Waals surface area contributed by atoms with Crippen molar-refractivity contribution in [2.45, 2.75) is 42.7 Å². The Morgan fingerprint density at radius 3 is 2.38 bits per heavy atom. The minimum absolute atomic E-state index is 0.00495. The maximum absolute atomic E-state index is 13.3. The standard InChI is InChI=1S/C35H33N5O6S/c41-35(30-7-3-4-8-34(30)46-28-9-11-31-25(21-28)13-16-36-31)38-47(44,45)29-10-12-32(33(22-29)40(42)43)37-26-14-17-39(18-15-26)27-19-23-5-1-2-6-24(23)20-27/h1-13,16,21-22,26-27,36-37H,14-15,17-20H2,(H,38,41). The Morgan fingerprint density at radius 2 is 1.64 bits per heavy atom. The van der Waals surface area contributed by atoms with E-state index >= 15 is 0 Å². The average Bonchev–Trinajstić information content (AvgIpc) is 3.72. The molecule has 0 spiro atoms. The molecule has 11 nitrogen and oxygen atoms in total. The second-order valence-electron chi connectivity index (χ2n) is 12.0. The fourth-order valence-corrected chi connectivity index (χ4v) is 7.56. The molecule has 0 saturated carbocycles. The van der Waals surface area contributed by atoms with Crippen LogP contribution in [0.5, 0.6) is 11.5 Å². The molecule has 3 N–H and O–H groups in total. The highest BCUT2D eigenvalue weighted by molar-refractivity contribution is 7.90. The topological polar surface area (TPSA) is 147 Å². The van der Waals surface area contributed by atoms with Gasteiger partial charge in [0.2, 0.25) is 0 Å². The minimum Gasteiger partial charge on any atom is -0.457 e. The summed E-state index contributed by atoms with van der Waals surface area (Å²) in [5.41, 5.74) is 3.58. The Kier molecular flexibility index (Phi) is 8.12. The van der Waals surface area contributed by atoms with Gasteiger partial charge in [0.15, 0.2) is 0 Å². The van der Waals surface area contributed by atoms with Crippen LogP contribution in [-0.2, 0) is 22.9 Å². The van der Waals surface area contributed by atoms with E-state index in [1.807, 2.05) is 16.9 Å². The van der Waals surface area contributed by atoms with E-state index < -0.39 is 25.7 Å². The SMILES string of the molecule is O=C(NS(=O)(=O)c1ccc(NC2CCN(C3Cc4ccccc4C3)CC2)c([N+](=O)[O-])c1)c1ccccc1Oc1ccc2[nH]ccc2c1. The van der Waals surface area contributed by atoms with Gasteiger partial charge in [0.05, 0.1) is 15.4 Å². The summed E-state index contributed by atoms with van der Waals surface area (Å²) >= 11 is 0. The number of nitro benzene ring substituents is 1. The van der Waals surface area contributed by atoms with Crippen LogP contribution in [0.4, 0.5) is 11.4 Å². The fourth-order valence-electron chi connectivity index (χ4n) is 6.58. The number of nitro groups is 1. The van der Waals surface area contributed by atoms with Crippen LogP contribution in [0.3, 0.4) is 0 Å². The van der Waals surface area contributed by atoms with Crippen molar-refractivity contribution in [3.8, 4) is 11.5 Å². The van der Waals surface area contributed by atoms with E-state index in [9.17, 15) is 23.3 Å². The van der Waals surface area contributed by atoms with Gasteiger partial charge in [-0.2, -0.15) is 0 Å². The number of carbonyl (C=O) groups is 1. The summed E-state index contributed by atoms with van der Waals surface area (Å²) in [6, 6.07) is 26.2. The van der Waals surface area contributed by atoms with Crippen molar-refractivity contribution in [3.05, 3.63) is 124 Å². The van der Waals surface area contributed by atoms with Crippen molar-refractivity contribution in [2.24, 2.45) is 0 Å². The van der Waals surface area contributed by atoms with E-state index in [0.717, 1.165) is 55.7 Å². The molecule has 1 fully saturated rings. The van der Waals surface area contributed by atoms with Gasteiger partial charge in [0.1, 0.15) is 17.2 Å².